The smallest absolute Gasteiger partial charge is 0.0685 e. The van der Waals surface area contributed by atoms with Crippen LogP contribution < -0.4 is 5.32 Å². The predicted octanol–water partition coefficient (Wildman–Crippen LogP) is 2.74. The zero-order chi connectivity index (χ0) is 12.8. The van der Waals surface area contributed by atoms with E-state index in [-0.39, 0.29) is 5.60 Å². The number of hydrogen-bond donors (Lipinski definition) is 1. The van der Waals surface area contributed by atoms with Gasteiger partial charge >= 0.3 is 0 Å². The van der Waals surface area contributed by atoms with Gasteiger partial charge in [-0.2, -0.15) is 0 Å². The van der Waals surface area contributed by atoms with Crippen LogP contribution in [0, 0.1) is 5.92 Å². The first-order valence-corrected chi connectivity index (χ1v) is 7.75. The van der Waals surface area contributed by atoms with Gasteiger partial charge in [-0.15, -0.1) is 0 Å². The molecule has 2 atom stereocenters. The molecule has 1 aliphatic carbocycles. The molecule has 3 heteroatoms. The van der Waals surface area contributed by atoms with Crippen LogP contribution in [0.4, 0.5) is 0 Å². The van der Waals surface area contributed by atoms with Gasteiger partial charge in [0.2, 0.25) is 0 Å². The average Bonchev–Trinajstić information content (AvgIpc) is 2.37. The Morgan fingerprint density at radius 1 is 1.39 bits per heavy atom. The number of hydrogen-bond acceptors (Lipinski definition) is 3. The first-order chi connectivity index (χ1) is 8.79. The van der Waals surface area contributed by atoms with Crippen molar-refractivity contribution in [3.63, 3.8) is 0 Å². The van der Waals surface area contributed by atoms with E-state index in [4.69, 9.17) is 9.47 Å². The first kappa shape index (κ1) is 14.3. The SMILES string of the molecule is CCCNC(COCC)C1CCOC2(CCC2)C1. The van der Waals surface area contributed by atoms with E-state index < -0.39 is 0 Å². The van der Waals surface area contributed by atoms with E-state index in [9.17, 15) is 0 Å². The van der Waals surface area contributed by atoms with Gasteiger partial charge in [-0.05, 0) is 57.9 Å². The highest BCUT2D eigenvalue weighted by atomic mass is 16.5. The van der Waals surface area contributed by atoms with Crippen LogP contribution in [0.5, 0.6) is 0 Å². The summed E-state index contributed by atoms with van der Waals surface area (Å²) in [5, 5.41) is 3.68. The third kappa shape index (κ3) is 3.46. The average molecular weight is 255 g/mol. The lowest BCUT2D eigenvalue weighted by Gasteiger charge is -2.48. The lowest BCUT2D eigenvalue weighted by atomic mass is 9.70. The molecule has 1 spiro atoms. The quantitative estimate of drug-likeness (QED) is 0.759. The second-order valence-corrected chi connectivity index (χ2v) is 5.86. The van der Waals surface area contributed by atoms with Gasteiger partial charge in [0.25, 0.3) is 0 Å². The summed E-state index contributed by atoms with van der Waals surface area (Å²) in [4.78, 5) is 0. The van der Waals surface area contributed by atoms with E-state index in [0.717, 1.165) is 32.3 Å². The molecule has 0 amide bonds. The molecule has 1 heterocycles. The highest BCUT2D eigenvalue weighted by molar-refractivity contribution is 4.96. The predicted molar refractivity (Wildman–Crippen MR) is 73.8 cm³/mol. The minimum Gasteiger partial charge on any atom is -0.380 e. The third-order valence-electron chi connectivity index (χ3n) is 4.52. The van der Waals surface area contributed by atoms with Crippen LogP contribution in [0.25, 0.3) is 0 Å². The van der Waals surface area contributed by atoms with Gasteiger partial charge in [-0.1, -0.05) is 6.92 Å². The van der Waals surface area contributed by atoms with Crippen molar-refractivity contribution in [2.24, 2.45) is 5.92 Å². The first-order valence-electron chi connectivity index (χ1n) is 7.75. The molecule has 2 fully saturated rings. The normalized spacial score (nSPS) is 28.0. The van der Waals surface area contributed by atoms with E-state index in [1.165, 1.54) is 38.5 Å². The van der Waals surface area contributed by atoms with Crippen LogP contribution in [0.3, 0.4) is 0 Å². The molecule has 3 nitrogen and oxygen atoms in total. The minimum absolute atomic E-state index is 0.251. The topological polar surface area (TPSA) is 30.5 Å². The molecule has 0 aromatic heterocycles. The van der Waals surface area contributed by atoms with E-state index >= 15 is 0 Å². The Kier molecular flexibility index (Phi) is 5.46. The van der Waals surface area contributed by atoms with Crippen LogP contribution >= 0.6 is 0 Å². The molecule has 0 aromatic rings. The standard InChI is InChI=1S/C15H29NO2/c1-3-9-16-14(12-17-4-2)13-6-10-18-15(11-13)7-5-8-15/h13-14,16H,3-12H2,1-2H3. The summed E-state index contributed by atoms with van der Waals surface area (Å²) >= 11 is 0. The van der Waals surface area contributed by atoms with Gasteiger partial charge in [0.05, 0.1) is 12.2 Å². The Bertz CT molecular complexity index is 233. The van der Waals surface area contributed by atoms with Crippen molar-refractivity contribution in [3.8, 4) is 0 Å². The van der Waals surface area contributed by atoms with E-state index in [1.54, 1.807) is 0 Å². The van der Waals surface area contributed by atoms with Gasteiger partial charge in [0.1, 0.15) is 0 Å². The Balaban J connectivity index is 1.86. The van der Waals surface area contributed by atoms with Gasteiger partial charge in [-0.3, -0.25) is 0 Å². The summed E-state index contributed by atoms with van der Waals surface area (Å²) in [5.41, 5.74) is 0.251. The van der Waals surface area contributed by atoms with Crippen molar-refractivity contribution >= 4 is 0 Å². The molecule has 0 bridgehead atoms. The van der Waals surface area contributed by atoms with Crippen molar-refractivity contribution in [2.75, 3.05) is 26.4 Å². The summed E-state index contributed by atoms with van der Waals surface area (Å²) in [5.74, 6) is 0.733. The molecular weight excluding hydrogens is 226 g/mol. The molecule has 1 aliphatic heterocycles. The Morgan fingerprint density at radius 2 is 2.22 bits per heavy atom. The van der Waals surface area contributed by atoms with Gasteiger partial charge < -0.3 is 14.8 Å². The number of rotatable bonds is 7. The van der Waals surface area contributed by atoms with Crippen molar-refractivity contribution < 1.29 is 9.47 Å². The monoisotopic (exact) mass is 255 g/mol. The van der Waals surface area contributed by atoms with Crippen molar-refractivity contribution in [1.82, 2.24) is 5.32 Å². The molecule has 1 saturated heterocycles. The molecule has 2 aliphatic rings. The lowest BCUT2D eigenvalue weighted by Crippen LogP contribution is -2.51. The maximum atomic E-state index is 6.02. The van der Waals surface area contributed by atoms with Crippen LogP contribution in [-0.4, -0.2) is 38.0 Å². The van der Waals surface area contributed by atoms with E-state index in [1.807, 2.05) is 0 Å². The van der Waals surface area contributed by atoms with E-state index in [0.29, 0.717) is 6.04 Å². The second-order valence-electron chi connectivity index (χ2n) is 5.86. The fourth-order valence-electron chi connectivity index (χ4n) is 3.26. The fraction of sp³-hybridized carbons (Fsp3) is 1.00. The van der Waals surface area contributed by atoms with Crippen molar-refractivity contribution in [1.29, 1.82) is 0 Å². The summed E-state index contributed by atoms with van der Waals surface area (Å²) in [7, 11) is 0. The summed E-state index contributed by atoms with van der Waals surface area (Å²) in [6, 6.07) is 0.520. The van der Waals surface area contributed by atoms with Crippen LogP contribution in [0.15, 0.2) is 0 Å². The third-order valence-corrected chi connectivity index (χ3v) is 4.52. The molecule has 2 unspecified atom stereocenters. The van der Waals surface area contributed by atoms with Crippen LogP contribution in [-0.2, 0) is 9.47 Å². The van der Waals surface area contributed by atoms with Crippen molar-refractivity contribution in [3.05, 3.63) is 0 Å². The van der Waals surface area contributed by atoms with Crippen LogP contribution in [0.1, 0.15) is 52.4 Å². The lowest BCUT2D eigenvalue weighted by molar-refractivity contribution is -0.149. The molecule has 106 valence electrons. The summed E-state index contributed by atoms with van der Waals surface area (Å²) < 4.78 is 11.7. The maximum Gasteiger partial charge on any atom is 0.0685 e. The highest BCUT2D eigenvalue weighted by Crippen LogP contribution is 2.44. The largest absolute Gasteiger partial charge is 0.380 e. The van der Waals surface area contributed by atoms with Gasteiger partial charge in [-0.25, -0.2) is 0 Å². The number of ether oxygens (including phenoxy) is 2. The van der Waals surface area contributed by atoms with Gasteiger partial charge in [0.15, 0.2) is 0 Å². The minimum atomic E-state index is 0.251. The number of nitrogens with one attached hydrogen (secondary N) is 1. The van der Waals surface area contributed by atoms with Gasteiger partial charge in [0, 0.05) is 19.3 Å². The molecule has 1 N–H and O–H groups in total. The highest BCUT2D eigenvalue weighted by Gasteiger charge is 2.44. The van der Waals surface area contributed by atoms with Crippen molar-refractivity contribution in [2.45, 2.75) is 64.0 Å². The fourth-order valence-corrected chi connectivity index (χ4v) is 3.26. The zero-order valence-electron chi connectivity index (χ0n) is 12.0. The Morgan fingerprint density at radius 3 is 2.83 bits per heavy atom. The maximum absolute atomic E-state index is 6.02. The Hall–Kier alpha value is -0.120. The molecule has 1 saturated carbocycles. The molecule has 2 rings (SSSR count). The molecule has 0 radical (unpaired) electrons. The molecule has 0 aromatic carbocycles. The molecule has 18 heavy (non-hydrogen) atoms. The van der Waals surface area contributed by atoms with Crippen LogP contribution in [0.2, 0.25) is 0 Å². The zero-order valence-corrected chi connectivity index (χ0v) is 12.0. The second kappa shape index (κ2) is 6.88. The van der Waals surface area contributed by atoms with E-state index in [2.05, 4.69) is 19.2 Å². The Labute approximate surface area is 112 Å². The molecular formula is C15H29NO2. The summed E-state index contributed by atoms with van der Waals surface area (Å²) in [6.45, 7) is 8.02. The summed E-state index contributed by atoms with van der Waals surface area (Å²) in [6.07, 6.45) is 7.52.